The lowest BCUT2D eigenvalue weighted by molar-refractivity contribution is -0.172. The smallest absolute Gasteiger partial charge is 0.154 e. The van der Waals surface area contributed by atoms with E-state index in [1.807, 2.05) is 6.11 Å². The van der Waals surface area contributed by atoms with Crippen LogP contribution in [0.5, 0.6) is 0 Å². The van der Waals surface area contributed by atoms with Crippen molar-refractivity contribution in [3.8, 4) is 12.2 Å². The molecule has 0 saturated heterocycles. The molecule has 4 rings (SSSR count). The molecule has 3 N–H and O–H groups in total. The van der Waals surface area contributed by atoms with Crippen molar-refractivity contribution in [3.63, 3.8) is 0 Å². The molecule has 4 nitrogen and oxygen atoms in total. The average molecular weight is 405 g/mol. The lowest BCUT2D eigenvalue weighted by Gasteiger charge is -2.62. The van der Waals surface area contributed by atoms with E-state index in [1.165, 1.54) is 25.7 Å². The van der Waals surface area contributed by atoms with Crippen LogP contribution in [0.3, 0.4) is 0 Å². The number of fused-ring (bicyclic) bond motifs is 5. The Bertz CT molecular complexity index is 653. The molecule has 0 aromatic heterocycles. The highest BCUT2D eigenvalue weighted by Gasteiger charge is 2.62. The Morgan fingerprint density at radius 1 is 0.966 bits per heavy atom. The predicted octanol–water partition coefficient (Wildman–Crippen LogP) is 4.31. The molecule has 0 aromatic rings. The van der Waals surface area contributed by atoms with E-state index in [1.54, 1.807) is 0 Å². The molecule has 164 valence electrons. The van der Waals surface area contributed by atoms with Crippen LogP contribution in [-0.2, 0) is 4.74 Å². The fourth-order valence-corrected chi connectivity index (χ4v) is 8.78. The Morgan fingerprint density at radius 2 is 1.69 bits per heavy atom. The van der Waals surface area contributed by atoms with Crippen LogP contribution in [0.15, 0.2) is 0 Å². The van der Waals surface area contributed by atoms with E-state index in [-0.39, 0.29) is 23.5 Å². The molecule has 4 heteroatoms. The molecular weight excluding hydrogens is 364 g/mol. The minimum Gasteiger partial charge on any atom is -0.460 e. The van der Waals surface area contributed by atoms with E-state index in [9.17, 15) is 10.2 Å². The molecule has 10 atom stereocenters. The van der Waals surface area contributed by atoms with Gasteiger partial charge in [-0.15, -0.1) is 0 Å². The molecule has 0 heterocycles. The molecular formula is C25H40O4. The first-order chi connectivity index (χ1) is 13.8. The van der Waals surface area contributed by atoms with E-state index in [2.05, 4.69) is 26.9 Å². The highest BCUT2D eigenvalue weighted by atomic mass is 16.5. The third-order valence-corrected chi connectivity index (χ3v) is 10.2. The molecule has 4 saturated carbocycles. The standard InChI is InChI=1S/C25H40O4/c1-16(8-12-29-13-11-26)19-4-5-20-18-15-23(28)22-14-17(27)6-9-25(22,3)21(18)7-10-24(19,20)2/h16-23,26-28H,4-10,12,14-15H2,1-3H3/t16-,17-,18?,19-,20?,21?,22+,23+,24-,25-/m1/s1. The van der Waals surface area contributed by atoms with Crippen LogP contribution in [0.25, 0.3) is 0 Å². The van der Waals surface area contributed by atoms with Gasteiger partial charge in [-0.1, -0.05) is 20.8 Å². The van der Waals surface area contributed by atoms with E-state index < -0.39 is 0 Å². The van der Waals surface area contributed by atoms with E-state index >= 15 is 0 Å². The van der Waals surface area contributed by atoms with Gasteiger partial charge in [0.25, 0.3) is 0 Å². The summed E-state index contributed by atoms with van der Waals surface area (Å²) >= 11 is 0. The van der Waals surface area contributed by atoms with Crippen LogP contribution in [0.4, 0.5) is 0 Å². The summed E-state index contributed by atoms with van der Waals surface area (Å²) in [5, 5.41) is 29.9. The minimum atomic E-state index is -0.250. The summed E-state index contributed by atoms with van der Waals surface area (Å²) in [6, 6.07) is 0. The highest BCUT2D eigenvalue weighted by molar-refractivity contribution is 5.11. The largest absolute Gasteiger partial charge is 0.460 e. The van der Waals surface area contributed by atoms with Gasteiger partial charge >= 0.3 is 0 Å². The van der Waals surface area contributed by atoms with Gasteiger partial charge < -0.3 is 20.1 Å². The molecule has 0 amide bonds. The SMILES string of the molecule is C[C@H](CCOC#CO)[C@H]1CCC2C3C[C@H](O)[C@@H]4C[C@H](O)CC[C@]4(C)C3CC[C@@]21C. The van der Waals surface area contributed by atoms with Crippen molar-refractivity contribution >= 4 is 0 Å². The van der Waals surface area contributed by atoms with E-state index in [4.69, 9.17) is 9.84 Å². The minimum absolute atomic E-state index is 0.198. The van der Waals surface area contributed by atoms with Gasteiger partial charge in [-0.2, -0.15) is 0 Å². The predicted molar refractivity (Wildman–Crippen MR) is 112 cm³/mol. The van der Waals surface area contributed by atoms with Gasteiger partial charge in [-0.3, -0.25) is 0 Å². The lowest BCUT2D eigenvalue weighted by Crippen LogP contribution is -2.58. The van der Waals surface area contributed by atoms with Gasteiger partial charge in [0.05, 0.1) is 12.2 Å². The molecule has 4 fully saturated rings. The fourth-order valence-electron chi connectivity index (χ4n) is 8.78. The molecule has 4 aliphatic carbocycles. The number of aliphatic hydroxyl groups is 3. The first-order valence-electron chi connectivity index (χ1n) is 11.9. The Balaban J connectivity index is 1.50. The van der Waals surface area contributed by atoms with Crippen molar-refractivity contribution in [1.29, 1.82) is 0 Å². The Morgan fingerprint density at radius 3 is 2.45 bits per heavy atom. The number of hydrogen-bond acceptors (Lipinski definition) is 4. The maximum Gasteiger partial charge on any atom is 0.154 e. The van der Waals surface area contributed by atoms with Crippen LogP contribution >= 0.6 is 0 Å². The maximum absolute atomic E-state index is 11.1. The number of rotatable bonds is 4. The Labute approximate surface area is 176 Å². The van der Waals surface area contributed by atoms with E-state index in [0.29, 0.717) is 41.6 Å². The summed E-state index contributed by atoms with van der Waals surface area (Å²) in [6.45, 7) is 7.90. The Hall–Kier alpha value is -0.920. The second-order valence-corrected chi connectivity index (χ2v) is 11.3. The molecule has 29 heavy (non-hydrogen) atoms. The quantitative estimate of drug-likeness (QED) is 0.482. The average Bonchev–Trinajstić information content (AvgIpc) is 3.04. The summed E-state index contributed by atoms with van der Waals surface area (Å²) < 4.78 is 5.20. The van der Waals surface area contributed by atoms with Gasteiger partial charge in [0.15, 0.2) is 12.2 Å². The number of hydrogen-bond donors (Lipinski definition) is 3. The molecule has 0 aromatic carbocycles. The van der Waals surface area contributed by atoms with Crippen LogP contribution in [-0.4, -0.2) is 34.1 Å². The summed E-state index contributed by atoms with van der Waals surface area (Å²) in [6.07, 6.45) is 13.5. The zero-order valence-electron chi connectivity index (χ0n) is 18.4. The van der Waals surface area contributed by atoms with Gasteiger partial charge in [0, 0.05) is 0 Å². The van der Waals surface area contributed by atoms with Crippen LogP contribution in [0.2, 0.25) is 0 Å². The van der Waals surface area contributed by atoms with Crippen molar-refractivity contribution in [2.75, 3.05) is 6.61 Å². The molecule has 3 unspecified atom stereocenters. The molecule has 0 spiro atoms. The number of aliphatic hydroxyl groups excluding tert-OH is 3. The topological polar surface area (TPSA) is 69.9 Å². The van der Waals surface area contributed by atoms with E-state index in [0.717, 1.165) is 32.1 Å². The van der Waals surface area contributed by atoms with Crippen molar-refractivity contribution in [1.82, 2.24) is 0 Å². The second-order valence-electron chi connectivity index (χ2n) is 11.3. The van der Waals surface area contributed by atoms with Crippen LogP contribution in [0, 0.1) is 58.6 Å². The van der Waals surface area contributed by atoms with Gasteiger partial charge in [0.1, 0.15) is 6.61 Å². The van der Waals surface area contributed by atoms with Gasteiger partial charge in [-0.05, 0) is 104 Å². The zero-order chi connectivity index (χ0) is 20.8. The summed E-state index contributed by atoms with van der Waals surface area (Å²) in [4.78, 5) is 0. The Kier molecular flexibility index (Phi) is 5.86. The molecule has 0 aliphatic heterocycles. The summed E-state index contributed by atoms with van der Waals surface area (Å²) in [5.41, 5.74) is 0.559. The lowest BCUT2D eigenvalue weighted by atomic mass is 9.44. The maximum atomic E-state index is 11.1. The monoisotopic (exact) mass is 404 g/mol. The molecule has 4 aliphatic rings. The first kappa shape index (κ1) is 21.3. The van der Waals surface area contributed by atoms with Gasteiger partial charge in [0.2, 0.25) is 0 Å². The summed E-state index contributed by atoms with van der Waals surface area (Å²) in [7, 11) is 0. The number of ether oxygens (including phenoxy) is 1. The van der Waals surface area contributed by atoms with Crippen molar-refractivity contribution in [3.05, 3.63) is 0 Å². The van der Waals surface area contributed by atoms with Crippen LogP contribution < -0.4 is 0 Å². The fraction of sp³-hybridized carbons (Fsp3) is 0.920. The zero-order valence-corrected chi connectivity index (χ0v) is 18.4. The van der Waals surface area contributed by atoms with Crippen molar-refractivity contribution < 1.29 is 20.1 Å². The third-order valence-electron chi connectivity index (χ3n) is 10.2. The highest BCUT2D eigenvalue weighted by Crippen LogP contribution is 2.68. The van der Waals surface area contributed by atoms with Crippen LogP contribution in [0.1, 0.15) is 78.6 Å². The van der Waals surface area contributed by atoms with Crippen molar-refractivity contribution in [2.45, 2.75) is 90.8 Å². The third kappa shape index (κ3) is 3.47. The second kappa shape index (κ2) is 7.97. The normalized spacial score (nSPS) is 49.8. The first-order valence-corrected chi connectivity index (χ1v) is 11.9. The van der Waals surface area contributed by atoms with Gasteiger partial charge in [-0.25, -0.2) is 0 Å². The molecule has 0 radical (unpaired) electrons. The summed E-state index contributed by atoms with van der Waals surface area (Å²) in [5.74, 6) is 3.62. The van der Waals surface area contributed by atoms with Crippen molar-refractivity contribution in [2.24, 2.45) is 46.3 Å². The molecule has 0 bridgehead atoms.